The average Bonchev–Trinajstić information content (AvgIpc) is 2.34. The van der Waals surface area contributed by atoms with Crippen molar-refractivity contribution in [2.75, 3.05) is 31.1 Å². The maximum absolute atomic E-state index is 5.63. The van der Waals surface area contributed by atoms with Gasteiger partial charge in [0.2, 0.25) is 0 Å². The van der Waals surface area contributed by atoms with Gasteiger partial charge in [0.1, 0.15) is 0 Å². The third kappa shape index (κ3) is 4.99. The SMILES string of the molecule is COc1ccccc1OCCSCCCCl. The van der Waals surface area contributed by atoms with E-state index >= 15 is 0 Å². The molecular weight excluding hydrogens is 244 g/mol. The van der Waals surface area contributed by atoms with Crippen LogP contribution < -0.4 is 9.47 Å². The molecule has 0 saturated heterocycles. The van der Waals surface area contributed by atoms with Gasteiger partial charge in [-0.25, -0.2) is 0 Å². The van der Waals surface area contributed by atoms with Crippen molar-refractivity contribution < 1.29 is 9.47 Å². The number of ether oxygens (including phenoxy) is 2. The van der Waals surface area contributed by atoms with Crippen LogP contribution in [0.4, 0.5) is 0 Å². The molecule has 0 atom stereocenters. The Hall–Kier alpha value is -0.540. The Bertz CT molecular complexity index is 294. The zero-order chi connectivity index (χ0) is 11.6. The summed E-state index contributed by atoms with van der Waals surface area (Å²) in [4.78, 5) is 0. The molecule has 0 radical (unpaired) electrons. The summed E-state index contributed by atoms with van der Waals surface area (Å²) in [6.07, 6.45) is 1.06. The molecule has 0 aliphatic heterocycles. The van der Waals surface area contributed by atoms with Crippen LogP contribution in [-0.4, -0.2) is 31.1 Å². The van der Waals surface area contributed by atoms with Crippen LogP contribution in [0.25, 0.3) is 0 Å². The minimum atomic E-state index is 0.702. The van der Waals surface area contributed by atoms with Crippen molar-refractivity contribution in [3.63, 3.8) is 0 Å². The number of alkyl halides is 1. The van der Waals surface area contributed by atoms with E-state index in [-0.39, 0.29) is 0 Å². The first-order chi connectivity index (χ1) is 7.88. The quantitative estimate of drug-likeness (QED) is 0.527. The normalized spacial score (nSPS) is 10.1. The molecule has 0 N–H and O–H groups in total. The summed E-state index contributed by atoms with van der Waals surface area (Å²) >= 11 is 7.45. The zero-order valence-electron chi connectivity index (χ0n) is 9.45. The van der Waals surface area contributed by atoms with Crippen LogP contribution in [0.15, 0.2) is 24.3 Å². The van der Waals surface area contributed by atoms with E-state index in [0.29, 0.717) is 6.61 Å². The first-order valence-corrected chi connectivity index (χ1v) is 6.97. The standard InChI is InChI=1S/C12H17ClO2S/c1-14-11-5-2-3-6-12(11)15-8-10-16-9-4-7-13/h2-3,5-6H,4,7-10H2,1H3. The summed E-state index contributed by atoms with van der Waals surface area (Å²) in [5, 5.41) is 0. The molecule has 2 nitrogen and oxygen atoms in total. The maximum Gasteiger partial charge on any atom is 0.161 e. The van der Waals surface area contributed by atoms with Gasteiger partial charge in [0, 0.05) is 11.6 Å². The lowest BCUT2D eigenvalue weighted by atomic mass is 10.3. The Morgan fingerprint density at radius 2 is 1.94 bits per heavy atom. The number of hydrogen-bond donors (Lipinski definition) is 0. The molecule has 0 spiro atoms. The monoisotopic (exact) mass is 260 g/mol. The van der Waals surface area contributed by atoms with E-state index in [2.05, 4.69) is 0 Å². The number of halogens is 1. The van der Waals surface area contributed by atoms with Crippen molar-refractivity contribution in [3.8, 4) is 11.5 Å². The molecule has 0 amide bonds. The third-order valence-corrected chi connectivity index (χ3v) is 3.28. The summed E-state index contributed by atoms with van der Waals surface area (Å²) in [6.45, 7) is 0.702. The van der Waals surface area contributed by atoms with E-state index in [0.717, 1.165) is 35.3 Å². The van der Waals surface area contributed by atoms with Crippen molar-refractivity contribution in [2.24, 2.45) is 0 Å². The average molecular weight is 261 g/mol. The minimum Gasteiger partial charge on any atom is -0.493 e. The molecule has 0 aliphatic rings. The van der Waals surface area contributed by atoms with Gasteiger partial charge in [-0.15, -0.1) is 11.6 Å². The van der Waals surface area contributed by atoms with Crippen LogP contribution in [0.2, 0.25) is 0 Å². The number of para-hydroxylation sites is 2. The second-order valence-corrected chi connectivity index (χ2v) is 4.76. The molecule has 90 valence electrons. The molecule has 0 aliphatic carbocycles. The smallest absolute Gasteiger partial charge is 0.161 e. The number of rotatable bonds is 8. The zero-order valence-corrected chi connectivity index (χ0v) is 11.0. The molecular formula is C12H17ClO2S. The Balaban J connectivity index is 2.21. The molecule has 1 aromatic rings. The minimum absolute atomic E-state index is 0.702. The first-order valence-electron chi connectivity index (χ1n) is 5.28. The Labute approximate surface area is 106 Å². The lowest BCUT2D eigenvalue weighted by molar-refractivity contribution is 0.313. The second-order valence-electron chi connectivity index (χ2n) is 3.15. The molecule has 0 aromatic heterocycles. The van der Waals surface area contributed by atoms with E-state index in [9.17, 15) is 0 Å². The second kappa shape index (κ2) is 8.59. The molecule has 0 bridgehead atoms. The van der Waals surface area contributed by atoms with Crippen molar-refractivity contribution in [1.82, 2.24) is 0 Å². The fraction of sp³-hybridized carbons (Fsp3) is 0.500. The molecule has 0 heterocycles. The van der Waals surface area contributed by atoms with Crippen molar-refractivity contribution >= 4 is 23.4 Å². The van der Waals surface area contributed by atoms with Crippen LogP contribution in [0.3, 0.4) is 0 Å². The number of benzene rings is 1. The number of hydrogen-bond acceptors (Lipinski definition) is 3. The molecule has 16 heavy (non-hydrogen) atoms. The predicted molar refractivity (Wildman–Crippen MR) is 71.2 cm³/mol. The molecule has 1 rings (SSSR count). The predicted octanol–water partition coefficient (Wildman–Crippen LogP) is 3.44. The molecule has 0 unspecified atom stereocenters. The van der Waals surface area contributed by atoms with E-state index in [1.807, 2.05) is 36.0 Å². The summed E-state index contributed by atoms with van der Waals surface area (Å²) in [5.41, 5.74) is 0. The van der Waals surface area contributed by atoms with Crippen LogP contribution >= 0.6 is 23.4 Å². The van der Waals surface area contributed by atoms with Gasteiger partial charge in [-0.2, -0.15) is 11.8 Å². The van der Waals surface area contributed by atoms with Crippen LogP contribution in [0.1, 0.15) is 6.42 Å². The van der Waals surface area contributed by atoms with Gasteiger partial charge >= 0.3 is 0 Å². The van der Waals surface area contributed by atoms with E-state index in [1.54, 1.807) is 7.11 Å². The van der Waals surface area contributed by atoms with Gasteiger partial charge < -0.3 is 9.47 Å². The van der Waals surface area contributed by atoms with Gasteiger partial charge in [0.15, 0.2) is 11.5 Å². The van der Waals surface area contributed by atoms with Crippen molar-refractivity contribution in [3.05, 3.63) is 24.3 Å². The lowest BCUT2D eigenvalue weighted by Gasteiger charge is -2.09. The lowest BCUT2D eigenvalue weighted by Crippen LogP contribution is -2.02. The van der Waals surface area contributed by atoms with Gasteiger partial charge in [0.05, 0.1) is 13.7 Å². The van der Waals surface area contributed by atoms with Gasteiger partial charge in [0.25, 0.3) is 0 Å². The maximum atomic E-state index is 5.63. The summed E-state index contributed by atoms with van der Waals surface area (Å²) in [7, 11) is 1.65. The van der Waals surface area contributed by atoms with Crippen molar-refractivity contribution in [2.45, 2.75) is 6.42 Å². The Morgan fingerprint density at radius 3 is 2.62 bits per heavy atom. The van der Waals surface area contributed by atoms with Crippen molar-refractivity contribution in [1.29, 1.82) is 0 Å². The topological polar surface area (TPSA) is 18.5 Å². The number of thioether (sulfide) groups is 1. The third-order valence-electron chi connectivity index (χ3n) is 1.98. The Kier molecular flexibility index (Phi) is 7.26. The molecule has 4 heteroatoms. The van der Waals surface area contributed by atoms with Gasteiger partial charge in [-0.05, 0) is 24.3 Å². The summed E-state index contributed by atoms with van der Waals surface area (Å²) in [5.74, 6) is 4.41. The van der Waals surface area contributed by atoms with Gasteiger partial charge in [-0.3, -0.25) is 0 Å². The van der Waals surface area contributed by atoms with E-state index < -0.39 is 0 Å². The highest BCUT2D eigenvalue weighted by molar-refractivity contribution is 7.99. The highest BCUT2D eigenvalue weighted by Gasteiger charge is 2.01. The molecule has 0 fully saturated rings. The summed E-state index contributed by atoms with van der Waals surface area (Å²) in [6, 6.07) is 7.69. The van der Waals surface area contributed by atoms with E-state index in [1.165, 1.54) is 0 Å². The molecule has 1 aromatic carbocycles. The molecule has 0 saturated carbocycles. The van der Waals surface area contributed by atoms with Crippen LogP contribution in [-0.2, 0) is 0 Å². The highest BCUT2D eigenvalue weighted by atomic mass is 35.5. The fourth-order valence-electron chi connectivity index (χ4n) is 1.21. The van der Waals surface area contributed by atoms with Crippen LogP contribution in [0, 0.1) is 0 Å². The fourth-order valence-corrected chi connectivity index (χ4v) is 2.25. The number of methoxy groups -OCH3 is 1. The Morgan fingerprint density at radius 1 is 1.19 bits per heavy atom. The van der Waals surface area contributed by atoms with E-state index in [4.69, 9.17) is 21.1 Å². The largest absolute Gasteiger partial charge is 0.493 e. The van der Waals surface area contributed by atoms with Crippen LogP contribution in [0.5, 0.6) is 11.5 Å². The first kappa shape index (κ1) is 13.5. The summed E-state index contributed by atoms with van der Waals surface area (Å²) < 4.78 is 10.8. The highest BCUT2D eigenvalue weighted by Crippen LogP contribution is 2.25. The van der Waals surface area contributed by atoms with Gasteiger partial charge in [-0.1, -0.05) is 12.1 Å².